The Morgan fingerprint density at radius 3 is 2.86 bits per heavy atom. The number of alkyl halides is 1. The first kappa shape index (κ1) is 9.28. The van der Waals surface area contributed by atoms with Crippen molar-refractivity contribution in [1.29, 1.82) is 0 Å². The highest BCUT2D eigenvalue weighted by atomic mass is 35.5. The van der Waals surface area contributed by atoms with Crippen LogP contribution >= 0.6 is 11.6 Å². The Morgan fingerprint density at radius 1 is 1.36 bits per heavy atom. The molecule has 2 heterocycles. The summed E-state index contributed by atoms with van der Waals surface area (Å²) in [6, 6.07) is 3.99. The van der Waals surface area contributed by atoms with Crippen molar-refractivity contribution >= 4 is 17.3 Å². The molecule has 1 aromatic heterocycles. The Balaban J connectivity index is 2.27. The highest BCUT2D eigenvalue weighted by molar-refractivity contribution is 6.23. The Labute approximate surface area is 88.5 Å². The van der Waals surface area contributed by atoms with Crippen molar-refractivity contribution < 1.29 is 0 Å². The lowest BCUT2D eigenvalue weighted by atomic mass is 10.3. The molecule has 0 radical (unpaired) electrons. The van der Waals surface area contributed by atoms with Crippen molar-refractivity contribution in [1.82, 2.24) is 4.98 Å². The molecule has 72 valence electrons. The van der Waals surface area contributed by atoms with Crippen LogP contribution in [-0.2, 0) is 0 Å². The minimum absolute atomic E-state index is 0.121. The van der Waals surface area contributed by atoms with Crippen molar-refractivity contribution in [2.75, 3.05) is 4.90 Å². The standard InChI is InChI=1S/C11H11ClN2/c1-9-5-6-10(8-13-9)14-7-3-2-4-11(14)12/h2-8,11H,1H3. The van der Waals surface area contributed by atoms with Crippen LogP contribution in [0.5, 0.6) is 0 Å². The van der Waals surface area contributed by atoms with Gasteiger partial charge >= 0.3 is 0 Å². The summed E-state index contributed by atoms with van der Waals surface area (Å²) in [5, 5.41) is 0. The Morgan fingerprint density at radius 2 is 2.21 bits per heavy atom. The first-order valence-corrected chi connectivity index (χ1v) is 4.91. The maximum atomic E-state index is 6.12. The molecule has 14 heavy (non-hydrogen) atoms. The largest absolute Gasteiger partial charge is 0.326 e. The molecule has 1 aliphatic rings. The third-order valence-corrected chi connectivity index (χ3v) is 2.44. The smallest absolute Gasteiger partial charge is 0.127 e. The molecule has 0 bridgehead atoms. The van der Waals surface area contributed by atoms with Gasteiger partial charge in [0.15, 0.2) is 0 Å². The molecule has 0 spiro atoms. The second kappa shape index (κ2) is 3.84. The average Bonchev–Trinajstić information content (AvgIpc) is 2.20. The molecule has 1 atom stereocenters. The van der Waals surface area contributed by atoms with Crippen molar-refractivity contribution in [2.45, 2.75) is 12.4 Å². The fourth-order valence-corrected chi connectivity index (χ4v) is 1.58. The number of aryl methyl sites for hydroxylation is 1. The summed E-state index contributed by atoms with van der Waals surface area (Å²) < 4.78 is 0. The monoisotopic (exact) mass is 206 g/mol. The Bertz CT molecular complexity index is 367. The summed E-state index contributed by atoms with van der Waals surface area (Å²) in [4.78, 5) is 6.20. The Hall–Kier alpha value is -1.28. The van der Waals surface area contributed by atoms with Gasteiger partial charge in [0.05, 0.1) is 11.9 Å². The highest BCUT2D eigenvalue weighted by Crippen LogP contribution is 2.21. The quantitative estimate of drug-likeness (QED) is 0.519. The van der Waals surface area contributed by atoms with Gasteiger partial charge in [-0.25, -0.2) is 0 Å². The number of allylic oxidation sites excluding steroid dienone is 2. The molecule has 0 saturated carbocycles. The molecule has 0 amide bonds. The summed E-state index contributed by atoms with van der Waals surface area (Å²) >= 11 is 6.12. The molecule has 3 heteroatoms. The molecular weight excluding hydrogens is 196 g/mol. The van der Waals surface area contributed by atoms with E-state index in [1.54, 1.807) is 0 Å². The summed E-state index contributed by atoms with van der Waals surface area (Å²) in [7, 11) is 0. The molecule has 1 unspecified atom stereocenters. The van der Waals surface area contributed by atoms with E-state index in [1.807, 2.05) is 54.6 Å². The minimum Gasteiger partial charge on any atom is -0.326 e. The normalized spacial score (nSPS) is 20.1. The van der Waals surface area contributed by atoms with Gasteiger partial charge in [0, 0.05) is 11.9 Å². The number of rotatable bonds is 1. The van der Waals surface area contributed by atoms with Gasteiger partial charge in [-0.05, 0) is 31.2 Å². The number of hydrogen-bond acceptors (Lipinski definition) is 2. The summed E-state index contributed by atoms with van der Waals surface area (Å²) in [6.45, 7) is 1.97. The van der Waals surface area contributed by atoms with Crippen LogP contribution in [0.4, 0.5) is 5.69 Å². The van der Waals surface area contributed by atoms with Crippen LogP contribution in [0.2, 0.25) is 0 Å². The molecule has 0 aliphatic carbocycles. The molecule has 0 fully saturated rings. The third kappa shape index (κ3) is 1.80. The van der Waals surface area contributed by atoms with Gasteiger partial charge < -0.3 is 4.90 Å². The van der Waals surface area contributed by atoms with Gasteiger partial charge in [0.1, 0.15) is 5.50 Å². The lowest BCUT2D eigenvalue weighted by Gasteiger charge is -2.25. The first-order valence-electron chi connectivity index (χ1n) is 4.47. The second-order valence-electron chi connectivity index (χ2n) is 3.16. The van der Waals surface area contributed by atoms with E-state index in [9.17, 15) is 0 Å². The molecule has 0 aromatic carbocycles. The van der Waals surface area contributed by atoms with E-state index in [4.69, 9.17) is 11.6 Å². The number of pyridine rings is 1. The predicted molar refractivity (Wildman–Crippen MR) is 59.4 cm³/mol. The number of anilines is 1. The van der Waals surface area contributed by atoms with Gasteiger partial charge in [-0.3, -0.25) is 4.98 Å². The number of hydrogen-bond donors (Lipinski definition) is 0. The van der Waals surface area contributed by atoms with Crippen LogP contribution in [0.1, 0.15) is 5.69 Å². The van der Waals surface area contributed by atoms with E-state index in [-0.39, 0.29) is 5.50 Å². The summed E-state index contributed by atoms with van der Waals surface area (Å²) in [6.07, 6.45) is 9.61. The van der Waals surface area contributed by atoms with E-state index in [0.29, 0.717) is 0 Å². The zero-order valence-corrected chi connectivity index (χ0v) is 8.65. The molecular formula is C11H11ClN2. The molecule has 0 N–H and O–H groups in total. The topological polar surface area (TPSA) is 16.1 Å². The summed E-state index contributed by atoms with van der Waals surface area (Å²) in [5.74, 6) is 0. The molecule has 0 saturated heterocycles. The van der Waals surface area contributed by atoms with Crippen LogP contribution in [0.15, 0.2) is 42.8 Å². The molecule has 1 aliphatic heterocycles. The number of aromatic nitrogens is 1. The zero-order valence-electron chi connectivity index (χ0n) is 7.89. The maximum absolute atomic E-state index is 6.12. The van der Waals surface area contributed by atoms with E-state index in [2.05, 4.69) is 4.98 Å². The average molecular weight is 207 g/mol. The van der Waals surface area contributed by atoms with E-state index in [1.165, 1.54) is 0 Å². The van der Waals surface area contributed by atoms with Gasteiger partial charge in [0.2, 0.25) is 0 Å². The minimum atomic E-state index is -0.121. The molecule has 2 nitrogen and oxygen atoms in total. The van der Waals surface area contributed by atoms with Crippen LogP contribution in [0.25, 0.3) is 0 Å². The van der Waals surface area contributed by atoms with Gasteiger partial charge in [0.25, 0.3) is 0 Å². The third-order valence-electron chi connectivity index (χ3n) is 2.09. The molecule has 1 aromatic rings. The van der Waals surface area contributed by atoms with Crippen molar-refractivity contribution in [3.8, 4) is 0 Å². The summed E-state index contributed by atoms with van der Waals surface area (Å²) in [5.41, 5.74) is 1.90. The lowest BCUT2D eigenvalue weighted by Crippen LogP contribution is -2.25. The van der Waals surface area contributed by atoms with Crippen LogP contribution in [0.3, 0.4) is 0 Å². The highest BCUT2D eigenvalue weighted by Gasteiger charge is 2.12. The van der Waals surface area contributed by atoms with Gasteiger partial charge in [-0.1, -0.05) is 17.7 Å². The molecule has 2 rings (SSSR count). The van der Waals surface area contributed by atoms with E-state index >= 15 is 0 Å². The van der Waals surface area contributed by atoms with Crippen LogP contribution in [0, 0.1) is 6.92 Å². The van der Waals surface area contributed by atoms with Crippen molar-refractivity contribution in [3.63, 3.8) is 0 Å². The van der Waals surface area contributed by atoms with Crippen LogP contribution in [-0.4, -0.2) is 10.5 Å². The van der Waals surface area contributed by atoms with Gasteiger partial charge in [-0.2, -0.15) is 0 Å². The van der Waals surface area contributed by atoms with Gasteiger partial charge in [-0.15, -0.1) is 0 Å². The Kier molecular flexibility index (Phi) is 2.55. The van der Waals surface area contributed by atoms with Crippen LogP contribution < -0.4 is 4.90 Å². The van der Waals surface area contributed by atoms with E-state index in [0.717, 1.165) is 11.4 Å². The van der Waals surface area contributed by atoms with E-state index < -0.39 is 0 Å². The fraction of sp³-hybridized carbons (Fsp3) is 0.182. The zero-order chi connectivity index (χ0) is 9.97. The maximum Gasteiger partial charge on any atom is 0.127 e. The SMILES string of the molecule is Cc1ccc(N2C=CC=CC2Cl)cn1. The lowest BCUT2D eigenvalue weighted by molar-refractivity contribution is 0.991. The van der Waals surface area contributed by atoms with Crippen molar-refractivity contribution in [2.24, 2.45) is 0 Å². The number of halogens is 1. The first-order chi connectivity index (χ1) is 6.77. The second-order valence-corrected chi connectivity index (χ2v) is 3.61. The fourth-order valence-electron chi connectivity index (χ4n) is 1.31. The number of nitrogens with zero attached hydrogens (tertiary/aromatic N) is 2. The van der Waals surface area contributed by atoms with Crippen molar-refractivity contribution in [3.05, 3.63) is 48.5 Å². The predicted octanol–water partition coefficient (Wildman–Crippen LogP) is 2.84.